The van der Waals surface area contributed by atoms with E-state index in [1.165, 1.54) is 11.7 Å². The van der Waals surface area contributed by atoms with Crippen LogP contribution in [0.1, 0.15) is 5.56 Å². The Labute approximate surface area is 115 Å². The second kappa shape index (κ2) is 4.64. The Morgan fingerprint density at radius 3 is 2.84 bits per heavy atom. The Kier molecular flexibility index (Phi) is 2.96. The normalized spacial score (nSPS) is 14.2. The fraction of sp³-hybridized carbons (Fsp3) is 0. The summed E-state index contributed by atoms with van der Waals surface area (Å²) in [6, 6.07) is 7.55. The molecule has 0 bridgehead atoms. The maximum Gasteiger partial charge on any atom is 0.232 e. The lowest BCUT2D eigenvalue weighted by Crippen LogP contribution is -2.11. The number of sulfone groups is 1. The van der Waals surface area contributed by atoms with Crippen molar-refractivity contribution in [2.75, 3.05) is 5.32 Å². The van der Waals surface area contributed by atoms with Crippen LogP contribution in [0.3, 0.4) is 0 Å². The van der Waals surface area contributed by atoms with Crippen LogP contribution in [0.25, 0.3) is 6.08 Å². The average molecular weight is 290 g/mol. The molecular weight excluding hydrogens is 280 g/mol. The lowest BCUT2D eigenvalue weighted by atomic mass is 10.2. The van der Waals surface area contributed by atoms with E-state index in [0.29, 0.717) is 0 Å². The van der Waals surface area contributed by atoms with Gasteiger partial charge >= 0.3 is 0 Å². The summed E-state index contributed by atoms with van der Waals surface area (Å²) >= 11 is 1.11. The highest BCUT2D eigenvalue weighted by atomic mass is 32.2. The van der Waals surface area contributed by atoms with Crippen LogP contribution in [0, 0.1) is 0 Å². The standard InChI is InChI=1S/C13H10N2O2S2/c16-19(17,13-8-14-9-18-13)12-7-3-5-10-4-1-2-6-11(10)15-12/h1-9,15H. The van der Waals surface area contributed by atoms with Crippen LogP contribution in [-0.4, -0.2) is 13.4 Å². The second-order valence-electron chi connectivity index (χ2n) is 3.93. The van der Waals surface area contributed by atoms with Crippen LogP contribution in [0.4, 0.5) is 5.69 Å². The van der Waals surface area contributed by atoms with Crippen molar-refractivity contribution < 1.29 is 8.42 Å². The van der Waals surface area contributed by atoms with Crippen LogP contribution < -0.4 is 5.32 Å². The molecular formula is C13H10N2O2S2. The predicted molar refractivity (Wildman–Crippen MR) is 76.5 cm³/mol. The summed E-state index contributed by atoms with van der Waals surface area (Å²) < 4.78 is 25.1. The molecule has 0 saturated heterocycles. The van der Waals surface area contributed by atoms with Gasteiger partial charge in [0.25, 0.3) is 0 Å². The number of benzene rings is 1. The number of fused-ring (bicyclic) bond motifs is 1. The van der Waals surface area contributed by atoms with Crippen LogP contribution >= 0.6 is 11.3 Å². The molecule has 0 atom stereocenters. The number of para-hydroxylation sites is 1. The first-order valence-corrected chi connectivity index (χ1v) is 7.92. The molecule has 0 spiro atoms. The maximum atomic E-state index is 12.4. The molecule has 1 N–H and O–H groups in total. The van der Waals surface area contributed by atoms with Crippen molar-refractivity contribution >= 4 is 32.9 Å². The van der Waals surface area contributed by atoms with Gasteiger partial charge in [0.1, 0.15) is 9.24 Å². The number of allylic oxidation sites excluding steroid dienone is 2. The number of thiazole rings is 1. The van der Waals surface area contributed by atoms with Crippen LogP contribution in [-0.2, 0) is 9.84 Å². The van der Waals surface area contributed by atoms with Gasteiger partial charge in [0.2, 0.25) is 9.84 Å². The van der Waals surface area contributed by atoms with E-state index < -0.39 is 9.84 Å². The zero-order chi connectivity index (χ0) is 13.3. The van der Waals surface area contributed by atoms with E-state index in [1.54, 1.807) is 12.2 Å². The molecule has 96 valence electrons. The summed E-state index contributed by atoms with van der Waals surface area (Å²) in [7, 11) is -3.53. The summed E-state index contributed by atoms with van der Waals surface area (Å²) in [6.07, 6.45) is 6.53. The Balaban J connectivity index is 2.05. The quantitative estimate of drug-likeness (QED) is 0.924. The van der Waals surface area contributed by atoms with E-state index >= 15 is 0 Å². The summed E-state index contributed by atoms with van der Waals surface area (Å²) in [5, 5.41) is 3.14. The molecule has 0 radical (unpaired) electrons. The Bertz CT molecular complexity index is 760. The van der Waals surface area contributed by atoms with Crippen molar-refractivity contribution in [3.63, 3.8) is 0 Å². The summed E-state index contributed by atoms with van der Waals surface area (Å²) in [5.74, 6) is 0. The minimum atomic E-state index is -3.53. The van der Waals surface area contributed by atoms with Gasteiger partial charge in [0.05, 0.1) is 11.7 Å². The molecule has 0 saturated carbocycles. The zero-order valence-corrected chi connectivity index (χ0v) is 11.4. The fourth-order valence-corrected chi connectivity index (χ4v) is 3.94. The van der Waals surface area contributed by atoms with E-state index in [0.717, 1.165) is 22.6 Å². The highest BCUT2D eigenvalue weighted by Crippen LogP contribution is 2.28. The van der Waals surface area contributed by atoms with Gasteiger partial charge in [-0.1, -0.05) is 30.4 Å². The van der Waals surface area contributed by atoms with E-state index in [9.17, 15) is 8.42 Å². The van der Waals surface area contributed by atoms with Crippen LogP contribution in [0.15, 0.2) is 57.4 Å². The number of nitrogens with one attached hydrogen (secondary N) is 1. The Morgan fingerprint density at radius 1 is 1.21 bits per heavy atom. The number of rotatable bonds is 2. The molecule has 1 aromatic heterocycles. The lowest BCUT2D eigenvalue weighted by Gasteiger charge is -2.10. The third-order valence-corrected chi connectivity index (χ3v) is 5.67. The van der Waals surface area contributed by atoms with Gasteiger partial charge in [-0.25, -0.2) is 8.42 Å². The molecule has 6 heteroatoms. The number of anilines is 1. The summed E-state index contributed by atoms with van der Waals surface area (Å²) in [5.41, 5.74) is 3.23. The highest BCUT2D eigenvalue weighted by Gasteiger charge is 2.23. The molecule has 0 unspecified atom stereocenters. The molecule has 0 aliphatic carbocycles. The van der Waals surface area contributed by atoms with Gasteiger partial charge in [-0.05, 0) is 17.7 Å². The Hall–Kier alpha value is -1.92. The monoisotopic (exact) mass is 290 g/mol. The predicted octanol–water partition coefficient (Wildman–Crippen LogP) is 2.90. The fourth-order valence-electron chi connectivity index (χ4n) is 1.77. The van der Waals surface area contributed by atoms with Crippen LogP contribution in [0.2, 0.25) is 0 Å². The zero-order valence-electron chi connectivity index (χ0n) is 9.78. The summed E-state index contributed by atoms with van der Waals surface area (Å²) in [6.45, 7) is 0. The molecule has 0 amide bonds. The second-order valence-corrected chi connectivity index (χ2v) is 6.96. The van der Waals surface area contributed by atoms with Crippen molar-refractivity contribution in [3.05, 3.63) is 58.7 Å². The van der Waals surface area contributed by atoms with Crippen molar-refractivity contribution in [3.8, 4) is 0 Å². The molecule has 4 nitrogen and oxygen atoms in total. The first-order chi connectivity index (χ1) is 9.18. The minimum Gasteiger partial charge on any atom is -0.345 e. The number of aromatic nitrogens is 1. The number of hydrogen-bond acceptors (Lipinski definition) is 5. The lowest BCUT2D eigenvalue weighted by molar-refractivity contribution is 0.604. The van der Waals surface area contributed by atoms with Gasteiger partial charge in [-0.3, -0.25) is 4.98 Å². The minimum absolute atomic E-state index is 0.165. The third-order valence-electron chi connectivity index (χ3n) is 2.71. The first kappa shape index (κ1) is 12.1. The SMILES string of the molecule is O=S(=O)(C1=CC=Cc2ccccc2N1)c1cncs1. The topological polar surface area (TPSA) is 59.1 Å². The van der Waals surface area contributed by atoms with Crippen LogP contribution in [0.5, 0.6) is 0 Å². The molecule has 1 aromatic carbocycles. The van der Waals surface area contributed by atoms with Gasteiger partial charge in [-0.15, -0.1) is 11.3 Å². The average Bonchev–Trinajstić information content (AvgIpc) is 2.85. The van der Waals surface area contributed by atoms with Crippen molar-refractivity contribution in [1.82, 2.24) is 4.98 Å². The van der Waals surface area contributed by atoms with Gasteiger partial charge < -0.3 is 5.32 Å². The van der Waals surface area contributed by atoms with Gasteiger partial charge in [0, 0.05) is 5.69 Å². The molecule has 19 heavy (non-hydrogen) atoms. The van der Waals surface area contributed by atoms with E-state index in [4.69, 9.17) is 0 Å². The van der Waals surface area contributed by atoms with Crippen molar-refractivity contribution in [1.29, 1.82) is 0 Å². The van der Waals surface area contributed by atoms with Gasteiger partial charge in [0.15, 0.2) is 0 Å². The molecule has 1 aliphatic heterocycles. The van der Waals surface area contributed by atoms with Crippen molar-refractivity contribution in [2.45, 2.75) is 4.21 Å². The first-order valence-electron chi connectivity index (χ1n) is 5.56. The Morgan fingerprint density at radius 2 is 2.05 bits per heavy atom. The maximum absolute atomic E-state index is 12.4. The molecule has 1 aliphatic rings. The highest BCUT2D eigenvalue weighted by molar-refractivity contribution is 7.97. The van der Waals surface area contributed by atoms with E-state index in [-0.39, 0.29) is 9.24 Å². The molecule has 2 heterocycles. The van der Waals surface area contributed by atoms with E-state index in [2.05, 4.69) is 10.3 Å². The molecule has 2 aromatic rings. The van der Waals surface area contributed by atoms with Crippen molar-refractivity contribution in [2.24, 2.45) is 0 Å². The molecule has 0 fully saturated rings. The smallest absolute Gasteiger partial charge is 0.232 e. The van der Waals surface area contributed by atoms with E-state index in [1.807, 2.05) is 30.3 Å². The number of nitrogens with zero attached hydrogens (tertiary/aromatic N) is 1. The number of hydrogen-bond donors (Lipinski definition) is 1. The third kappa shape index (κ3) is 2.20. The molecule has 3 rings (SSSR count). The summed E-state index contributed by atoms with van der Waals surface area (Å²) in [4.78, 5) is 3.82. The van der Waals surface area contributed by atoms with Gasteiger partial charge in [-0.2, -0.15) is 0 Å². The largest absolute Gasteiger partial charge is 0.345 e.